The van der Waals surface area contributed by atoms with Crippen LogP contribution in [0.2, 0.25) is 5.02 Å². The summed E-state index contributed by atoms with van der Waals surface area (Å²) >= 11 is 5.58. The van der Waals surface area contributed by atoms with Crippen molar-refractivity contribution in [2.24, 2.45) is 0 Å². The lowest BCUT2D eigenvalue weighted by atomic mass is 10.3. The molecule has 0 bridgehead atoms. The summed E-state index contributed by atoms with van der Waals surface area (Å²) in [7, 11) is -3.29. The maximum Gasteiger partial charge on any atom is 0.336 e. The van der Waals surface area contributed by atoms with E-state index in [2.05, 4.69) is 4.74 Å². The van der Waals surface area contributed by atoms with Gasteiger partial charge < -0.3 is 9.84 Å². The van der Waals surface area contributed by atoms with Crippen molar-refractivity contribution < 1.29 is 28.0 Å². The first kappa shape index (κ1) is 17.3. The van der Waals surface area contributed by atoms with E-state index in [1.165, 1.54) is 6.07 Å². The van der Waals surface area contributed by atoms with Gasteiger partial charge in [0.1, 0.15) is 0 Å². The molecule has 116 valence electrons. The Morgan fingerprint density at radius 3 is 2.71 bits per heavy atom. The van der Waals surface area contributed by atoms with E-state index in [1.807, 2.05) is 4.72 Å². The van der Waals surface area contributed by atoms with Gasteiger partial charge in [0.2, 0.25) is 10.0 Å². The number of nitro groups is 1. The van der Waals surface area contributed by atoms with E-state index in [1.54, 1.807) is 0 Å². The highest BCUT2D eigenvalue weighted by Crippen LogP contribution is 2.26. The Hall–Kier alpha value is -1.75. The van der Waals surface area contributed by atoms with E-state index >= 15 is 0 Å². The Balaban J connectivity index is 3.04. The third-order valence-corrected chi connectivity index (χ3v) is 4.05. The average Bonchev–Trinajstić information content (AvgIpc) is 2.43. The summed E-state index contributed by atoms with van der Waals surface area (Å²) in [5.74, 6) is -1.04. The number of methoxy groups -OCH3 is 1. The second kappa shape index (κ2) is 6.80. The lowest BCUT2D eigenvalue weighted by Crippen LogP contribution is -2.37. The van der Waals surface area contributed by atoms with Crippen LogP contribution in [0, 0.1) is 10.1 Å². The number of hydrogen-bond acceptors (Lipinski definition) is 7. The van der Waals surface area contributed by atoms with Crippen LogP contribution in [0.3, 0.4) is 0 Å². The Bertz CT molecular complexity index is 661. The van der Waals surface area contributed by atoms with Gasteiger partial charge >= 0.3 is 5.97 Å². The van der Waals surface area contributed by atoms with E-state index in [4.69, 9.17) is 11.6 Å². The first-order chi connectivity index (χ1) is 9.69. The highest BCUT2D eigenvalue weighted by atomic mass is 35.5. The molecule has 1 atom stereocenters. The third kappa shape index (κ3) is 4.36. The maximum atomic E-state index is 12.0. The van der Waals surface area contributed by atoms with E-state index < -0.39 is 44.1 Å². The number of carbonyl (C=O) groups is 1. The minimum Gasteiger partial charge on any atom is -0.467 e. The standard InChI is InChI=1S/C10H11ClN2O7S/c1-20-10(15)8(14)5-12-21(18,19)9-3-2-6(11)4-7(9)13(16)17/h2-4,8,12,14H,5H2,1H3. The van der Waals surface area contributed by atoms with Gasteiger partial charge in [-0.25, -0.2) is 17.9 Å². The number of sulfonamides is 1. The van der Waals surface area contributed by atoms with Crippen molar-refractivity contribution >= 4 is 33.3 Å². The van der Waals surface area contributed by atoms with Gasteiger partial charge in [0, 0.05) is 17.6 Å². The lowest BCUT2D eigenvalue weighted by Gasteiger charge is -2.10. The molecule has 0 aromatic heterocycles. The number of aliphatic hydroxyl groups excluding tert-OH is 1. The molecule has 11 heteroatoms. The van der Waals surface area contributed by atoms with Crippen LogP contribution < -0.4 is 4.72 Å². The molecule has 1 aromatic rings. The van der Waals surface area contributed by atoms with E-state index in [0.29, 0.717) is 0 Å². The highest BCUT2D eigenvalue weighted by molar-refractivity contribution is 7.89. The molecule has 0 aliphatic heterocycles. The van der Waals surface area contributed by atoms with Crippen molar-refractivity contribution in [1.29, 1.82) is 0 Å². The van der Waals surface area contributed by atoms with Gasteiger partial charge in [-0.15, -0.1) is 0 Å². The number of nitro benzene ring substituents is 1. The van der Waals surface area contributed by atoms with Gasteiger partial charge in [0.25, 0.3) is 5.69 Å². The largest absolute Gasteiger partial charge is 0.467 e. The Kier molecular flexibility index (Phi) is 5.61. The SMILES string of the molecule is COC(=O)C(O)CNS(=O)(=O)c1ccc(Cl)cc1[N+](=O)[O-]. The molecule has 1 aromatic carbocycles. The van der Waals surface area contributed by atoms with Crippen LogP contribution >= 0.6 is 11.6 Å². The predicted octanol–water partition coefficient (Wildman–Crippen LogP) is 0.0604. The van der Waals surface area contributed by atoms with Crippen molar-refractivity contribution in [2.75, 3.05) is 13.7 Å². The lowest BCUT2D eigenvalue weighted by molar-refractivity contribution is -0.387. The summed E-state index contributed by atoms with van der Waals surface area (Å²) < 4.78 is 30.0. The third-order valence-electron chi connectivity index (χ3n) is 2.35. The summed E-state index contributed by atoms with van der Waals surface area (Å²) in [5.41, 5.74) is -0.720. The fourth-order valence-corrected chi connectivity index (χ4v) is 2.70. The molecule has 0 saturated carbocycles. The van der Waals surface area contributed by atoms with Crippen LogP contribution in [0.4, 0.5) is 5.69 Å². The smallest absolute Gasteiger partial charge is 0.336 e. The summed E-state index contributed by atoms with van der Waals surface area (Å²) in [4.78, 5) is 20.3. The molecule has 1 rings (SSSR count). The highest BCUT2D eigenvalue weighted by Gasteiger charge is 2.27. The zero-order valence-electron chi connectivity index (χ0n) is 10.6. The monoisotopic (exact) mass is 338 g/mol. The maximum absolute atomic E-state index is 12.0. The second-order valence-corrected chi connectivity index (χ2v) is 5.93. The molecule has 21 heavy (non-hydrogen) atoms. The van der Waals surface area contributed by atoms with Gasteiger partial charge in [-0.05, 0) is 12.1 Å². The van der Waals surface area contributed by atoms with Gasteiger partial charge in [0.05, 0.1) is 12.0 Å². The molecule has 0 heterocycles. The summed E-state index contributed by atoms with van der Waals surface area (Å²) in [6.07, 6.45) is -1.73. The normalized spacial score (nSPS) is 12.7. The van der Waals surface area contributed by atoms with Gasteiger partial charge in [-0.1, -0.05) is 11.6 Å². The molecule has 0 saturated heterocycles. The van der Waals surface area contributed by atoms with Crippen molar-refractivity contribution in [3.63, 3.8) is 0 Å². The number of nitrogens with zero attached hydrogens (tertiary/aromatic N) is 1. The van der Waals surface area contributed by atoms with Crippen LogP contribution in [0.1, 0.15) is 0 Å². The number of esters is 1. The van der Waals surface area contributed by atoms with Crippen LogP contribution in [0.25, 0.3) is 0 Å². The van der Waals surface area contributed by atoms with Crippen molar-refractivity contribution in [1.82, 2.24) is 4.72 Å². The Morgan fingerprint density at radius 1 is 1.57 bits per heavy atom. The molecule has 2 N–H and O–H groups in total. The summed E-state index contributed by atoms with van der Waals surface area (Å²) in [6.45, 7) is -0.686. The van der Waals surface area contributed by atoms with Gasteiger partial charge in [0.15, 0.2) is 11.0 Å². The Morgan fingerprint density at radius 2 is 2.19 bits per heavy atom. The molecule has 9 nitrogen and oxygen atoms in total. The predicted molar refractivity (Wildman–Crippen MR) is 71.3 cm³/mol. The number of hydrogen-bond donors (Lipinski definition) is 2. The van der Waals surface area contributed by atoms with Crippen LogP contribution in [0.15, 0.2) is 23.1 Å². The molecule has 0 aliphatic rings. The first-order valence-corrected chi connectivity index (χ1v) is 7.24. The van der Waals surface area contributed by atoms with Crippen LogP contribution in [-0.4, -0.2) is 44.2 Å². The number of aliphatic hydroxyl groups is 1. The van der Waals surface area contributed by atoms with Crippen molar-refractivity contribution in [2.45, 2.75) is 11.0 Å². The Labute approximate surface area is 124 Å². The second-order valence-electron chi connectivity index (χ2n) is 3.76. The quantitative estimate of drug-likeness (QED) is 0.425. The number of carbonyl (C=O) groups excluding carboxylic acids is 1. The minimum absolute atomic E-state index is 0.00440. The van der Waals surface area contributed by atoms with Crippen molar-refractivity contribution in [3.05, 3.63) is 33.3 Å². The minimum atomic E-state index is -4.31. The summed E-state index contributed by atoms with van der Waals surface area (Å²) in [6, 6.07) is 3.00. The first-order valence-electron chi connectivity index (χ1n) is 5.38. The van der Waals surface area contributed by atoms with Crippen molar-refractivity contribution in [3.8, 4) is 0 Å². The van der Waals surface area contributed by atoms with Crippen LogP contribution in [-0.2, 0) is 19.6 Å². The molecule has 0 fully saturated rings. The molecular weight excluding hydrogens is 328 g/mol. The summed E-state index contributed by atoms with van der Waals surface area (Å²) in [5, 5.41) is 20.1. The molecule has 1 unspecified atom stereocenters. The number of nitrogens with one attached hydrogen (secondary N) is 1. The number of halogens is 1. The fourth-order valence-electron chi connectivity index (χ4n) is 1.35. The molecule has 0 amide bonds. The number of rotatable bonds is 6. The van der Waals surface area contributed by atoms with E-state index in [9.17, 15) is 28.4 Å². The van der Waals surface area contributed by atoms with E-state index in [-0.39, 0.29) is 5.02 Å². The topological polar surface area (TPSA) is 136 Å². The number of ether oxygens (including phenoxy) is 1. The van der Waals surface area contributed by atoms with Crippen LogP contribution in [0.5, 0.6) is 0 Å². The molecular formula is C10H11ClN2O7S. The number of benzene rings is 1. The fraction of sp³-hybridized carbons (Fsp3) is 0.300. The zero-order valence-corrected chi connectivity index (χ0v) is 12.2. The van der Waals surface area contributed by atoms with Gasteiger partial charge in [-0.3, -0.25) is 10.1 Å². The van der Waals surface area contributed by atoms with Gasteiger partial charge in [-0.2, -0.15) is 0 Å². The van der Waals surface area contributed by atoms with E-state index in [0.717, 1.165) is 19.2 Å². The average molecular weight is 339 g/mol. The molecule has 0 aliphatic carbocycles. The molecule has 0 spiro atoms. The molecule has 0 radical (unpaired) electrons. The zero-order chi connectivity index (χ0) is 16.2.